The quantitative estimate of drug-likeness (QED) is 0.702. The molecule has 5 heteroatoms. The van der Waals surface area contributed by atoms with Crippen molar-refractivity contribution in [3.63, 3.8) is 0 Å². The maximum atomic E-state index is 12.0. The van der Waals surface area contributed by atoms with Crippen LogP contribution in [0.4, 0.5) is 0 Å². The lowest BCUT2D eigenvalue weighted by atomic mass is 10.2. The zero-order valence-corrected chi connectivity index (χ0v) is 10.8. The highest BCUT2D eigenvalue weighted by molar-refractivity contribution is 7.48. The van der Waals surface area contributed by atoms with Crippen molar-refractivity contribution < 1.29 is 18.1 Å². The molecule has 1 heterocycles. The van der Waals surface area contributed by atoms with E-state index in [1.807, 2.05) is 13.8 Å². The van der Waals surface area contributed by atoms with Crippen LogP contribution in [0, 0.1) is 5.92 Å². The summed E-state index contributed by atoms with van der Waals surface area (Å²) in [5.74, 6) is 0.524. The van der Waals surface area contributed by atoms with Gasteiger partial charge in [0.15, 0.2) is 0 Å². The summed E-state index contributed by atoms with van der Waals surface area (Å²) in [6.07, 6.45) is 1.51. The molecule has 4 nitrogen and oxygen atoms in total. The van der Waals surface area contributed by atoms with Gasteiger partial charge in [-0.3, -0.25) is 13.6 Å². The Kier molecular flexibility index (Phi) is 4.78. The third-order valence-electron chi connectivity index (χ3n) is 2.23. The Balaban J connectivity index is 2.40. The molecule has 0 aromatic carbocycles. The minimum atomic E-state index is -3.28. The van der Waals surface area contributed by atoms with Crippen molar-refractivity contribution in [1.29, 1.82) is 0 Å². The zero-order valence-electron chi connectivity index (χ0n) is 9.93. The zero-order chi connectivity index (χ0) is 11.5. The molecule has 1 rings (SSSR count). The van der Waals surface area contributed by atoms with Crippen LogP contribution in [0.15, 0.2) is 0 Å². The van der Waals surface area contributed by atoms with Gasteiger partial charge < -0.3 is 0 Å². The molecular weight excluding hydrogens is 215 g/mol. The van der Waals surface area contributed by atoms with Gasteiger partial charge >= 0.3 is 7.82 Å². The Hall–Kier alpha value is 0.110. The average molecular weight is 236 g/mol. The first-order valence-corrected chi connectivity index (χ1v) is 6.99. The monoisotopic (exact) mass is 236 g/mol. The molecule has 0 N–H and O–H groups in total. The van der Waals surface area contributed by atoms with Crippen molar-refractivity contribution >= 4 is 7.82 Å². The molecule has 0 amide bonds. The SMILES string of the molecule is CC(C)CCOP1(=O)OC(C)CC(C)O1. The number of phosphoric ester groups is 1. The lowest BCUT2D eigenvalue weighted by molar-refractivity contribution is 0.00177. The van der Waals surface area contributed by atoms with E-state index in [0.29, 0.717) is 12.5 Å². The molecule has 0 saturated carbocycles. The van der Waals surface area contributed by atoms with E-state index < -0.39 is 7.82 Å². The van der Waals surface area contributed by atoms with Gasteiger partial charge in [0.2, 0.25) is 0 Å². The van der Waals surface area contributed by atoms with Gasteiger partial charge in [-0.2, -0.15) is 0 Å². The highest BCUT2D eigenvalue weighted by Crippen LogP contribution is 2.55. The molecule has 0 aromatic heterocycles. The van der Waals surface area contributed by atoms with Crippen molar-refractivity contribution in [3.05, 3.63) is 0 Å². The van der Waals surface area contributed by atoms with Crippen molar-refractivity contribution in [2.45, 2.75) is 52.7 Å². The number of phosphoric acid groups is 1. The first kappa shape index (κ1) is 13.2. The van der Waals surface area contributed by atoms with Crippen LogP contribution in [0.25, 0.3) is 0 Å². The fraction of sp³-hybridized carbons (Fsp3) is 1.00. The van der Waals surface area contributed by atoms with Gasteiger partial charge in [0, 0.05) is 6.42 Å². The van der Waals surface area contributed by atoms with Gasteiger partial charge in [0.25, 0.3) is 0 Å². The molecule has 1 fully saturated rings. The fourth-order valence-electron chi connectivity index (χ4n) is 1.48. The van der Waals surface area contributed by atoms with Crippen molar-refractivity contribution in [1.82, 2.24) is 0 Å². The molecule has 0 spiro atoms. The lowest BCUT2D eigenvalue weighted by Crippen LogP contribution is -2.25. The van der Waals surface area contributed by atoms with Gasteiger partial charge in [-0.25, -0.2) is 4.57 Å². The second kappa shape index (κ2) is 5.44. The van der Waals surface area contributed by atoms with E-state index in [2.05, 4.69) is 13.8 Å². The van der Waals surface area contributed by atoms with Crippen molar-refractivity contribution in [2.24, 2.45) is 5.92 Å². The summed E-state index contributed by atoms with van der Waals surface area (Å²) in [5, 5.41) is 0. The molecule has 2 atom stereocenters. The maximum absolute atomic E-state index is 12.0. The fourth-order valence-corrected chi connectivity index (χ4v) is 3.03. The topological polar surface area (TPSA) is 44.8 Å². The molecule has 2 unspecified atom stereocenters. The predicted octanol–water partition coefficient (Wildman–Crippen LogP) is 3.37. The van der Waals surface area contributed by atoms with Gasteiger partial charge in [-0.15, -0.1) is 0 Å². The second-order valence-electron chi connectivity index (χ2n) is 4.53. The molecule has 0 aromatic rings. The van der Waals surface area contributed by atoms with Gasteiger partial charge in [0.05, 0.1) is 18.8 Å². The van der Waals surface area contributed by atoms with Crippen LogP contribution in [-0.4, -0.2) is 18.8 Å². The summed E-state index contributed by atoms with van der Waals surface area (Å²) in [5.41, 5.74) is 0. The molecule has 0 radical (unpaired) electrons. The maximum Gasteiger partial charge on any atom is 0.475 e. The van der Waals surface area contributed by atoms with Crippen LogP contribution in [-0.2, 0) is 18.1 Å². The molecule has 90 valence electrons. The molecule has 15 heavy (non-hydrogen) atoms. The van der Waals surface area contributed by atoms with Crippen LogP contribution in [0.1, 0.15) is 40.5 Å². The Morgan fingerprint density at radius 1 is 1.33 bits per heavy atom. The van der Waals surface area contributed by atoms with E-state index in [0.717, 1.165) is 12.8 Å². The normalized spacial score (nSPS) is 37.1. The Morgan fingerprint density at radius 3 is 2.33 bits per heavy atom. The minimum Gasteiger partial charge on any atom is -0.287 e. The molecule has 1 saturated heterocycles. The average Bonchev–Trinajstić information content (AvgIpc) is 1.98. The van der Waals surface area contributed by atoms with Crippen LogP contribution in [0.2, 0.25) is 0 Å². The summed E-state index contributed by atoms with van der Waals surface area (Å²) >= 11 is 0. The largest absolute Gasteiger partial charge is 0.475 e. The van der Waals surface area contributed by atoms with Crippen LogP contribution < -0.4 is 0 Å². The molecule has 0 aliphatic carbocycles. The summed E-state index contributed by atoms with van der Waals surface area (Å²) < 4.78 is 27.7. The van der Waals surface area contributed by atoms with E-state index in [-0.39, 0.29) is 12.2 Å². The predicted molar refractivity (Wildman–Crippen MR) is 58.7 cm³/mol. The third-order valence-corrected chi connectivity index (χ3v) is 3.96. The minimum absolute atomic E-state index is 0.0568. The van der Waals surface area contributed by atoms with Crippen LogP contribution in [0.5, 0.6) is 0 Å². The smallest absolute Gasteiger partial charge is 0.287 e. The van der Waals surface area contributed by atoms with Crippen molar-refractivity contribution in [2.75, 3.05) is 6.61 Å². The van der Waals surface area contributed by atoms with E-state index in [9.17, 15) is 4.57 Å². The van der Waals surface area contributed by atoms with Gasteiger partial charge in [0.1, 0.15) is 0 Å². The van der Waals surface area contributed by atoms with Crippen LogP contribution in [0.3, 0.4) is 0 Å². The Labute approximate surface area is 91.9 Å². The molecular formula is C10H21O4P. The van der Waals surface area contributed by atoms with Gasteiger partial charge in [-0.1, -0.05) is 13.8 Å². The van der Waals surface area contributed by atoms with Crippen LogP contribution >= 0.6 is 7.82 Å². The molecule has 0 bridgehead atoms. The number of hydrogen-bond donors (Lipinski definition) is 0. The number of rotatable bonds is 4. The first-order valence-electron chi connectivity index (χ1n) is 5.52. The van der Waals surface area contributed by atoms with Crippen molar-refractivity contribution in [3.8, 4) is 0 Å². The highest BCUT2D eigenvalue weighted by atomic mass is 31.2. The number of hydrogen-bond acceptors (Lipinski definition) is 4. The van der Waals surface area contributed by atoms with E-state index >= 15 is 0 Å². The first-order chi connectivity index (χ1) is 6.91. The standard InChI is InChI=1S/C10H21O4P/c1-8(2)5-6-12-15(11)13-9(3)7-10(4)14-15/h8-10H,5-7H2,1-4H3. The van der Waals surface area contributed by atoms with E-state index in [1.165, 1.54) is 0 Å². The third kappa shape index (κ3) is 4.64. The Bertz CT molecular complexity index is 228. The van der Waals surface area contributed by atoms with E-state index in [4.69, 9.17) is 13.6 Å². The van der Waals surface area contributed by atoms with Gasteiger partial charge in [-0.05, 0) is 26.2 Å². The lowest BCUT2D eigenvalue weighted by Gasteiger charge is -2.30. The molecule has 1 aliphatic heterocycles. The second-order valence-corrected chi connectivity index (χ2v) is 6.10. The Morgan fingerprint density at radius 2 is 1.87 bits per heavy atom. The highest BCUT2D eigenvalue weighted by Gasteiger charge is 2.36. The summed E-state index contributed by atoms with van der Waals surface area (Å²) in [7, 11) is -3.28. The molecule has 1 aliphatic rings. The summed E-state index contributed by atoms with van der Waals surface area (Å²) in [4.78, 5) is 0. The van der Waals surface area contributed by atoms with E-state index in [1.54, 1.807) is 0 Å². The summed E-state index contributed by atoms with van der Waals surface area (Å²) in [6.45, 7) is 8.38. The summed E-state index contributed by atoms with van der Waals surface area (Å²) in [6, 6.07) is 0.